The number of para-hydroxylation sites is 1. The van der Waals surface area contributed by atoms with Crippen LogP contribution in [0.15, 0.2) is 42.5 Å². The summed E-state index contributed by atoms with van der Waals surface area (Å²) in [5, 5.41) is 3.90. The number of fused-ring (bicyclic) bond motifs is 1. The van der Waals surface area contributed by atoms with Gasteiger partial charge in [-0.3, -0.25) is 4.79 Å². The number of rotatable bonds is 9. The maximum atomic E-state index is 13.3. The second-order valence-electron chi connectivity index (χ2n) is 9.57. The number of nitrogens with one attached hydrogen (secondary N) is 1. The van der Waals surface area contributed by atoms with Crippen molar-refractivity contribution in [3.8, 4) is 33.6 Å². The molecular formula is C28H29N3O6S. The van der Waals surface area contributed by atoms with E-state index >= 15 is 0 Å². The molecule has 3 aliphatic rings. The average molecular weight is 536 g/mol. The summed E-state index contributed by atoms with van der Waals surface area (Å²) < 4.78 is 22.5. The molecule has 2 aromatic carbocycles. The molecule has 9 nitrogen and oxygen atoms in total. The molecule has 6 rings (SSSR count). The highest BCUT2D eigenvalue weighted by molar-refractivity contribution is 7.15. The maximum absolute atomic E-state index is 13.3. The summed E-state index contributed by atoms with van der Waals surface area (Å²) in [6.45, 7) is 1.46. The van der Waals surface area contributed by atoms with Gasteiger partial charge in [-0.05, 0) is 49.9 Å². The highest BCUT2D eigenvalue weighted by atomic mass is 32.1. The van der Waals surface area contributed by atoms with Gasteiger partial charge >= 0.3 is 6.09 Å². The van der Waals surface area contributed by atoms with Gasteiger partial charge in [-0.25, -0.2) is 9.78 Å². The Morgan fingerprint density at radius 2 is 1.92 bits per heavy atom. The van der Waals surface area contributed by atoms with E-state index in [2.05, 4.69) is 5.32 Å². The molecule has 2 amide bonds. The van der Waals surface area contributed by atoms with Crippen LogP contribution in [0.1, 0.15) is 47.0 Å². The molecule has 0 spiro atoms. The Hall–Kier alpha value is -3.79. The van der Waals surface area contributed by atoms with Crippen molar-refractivity contribution in [1.82, 2.24) is 15.2 Å². The first kappa shape index (κ1) is 24.5. The molecule has 1 aromatic heterocycles. The van der Waals surface area contributed by atoms with Crippen LogP contribution < -0.4 is 24.3 Å². The monoisotopic (exact) mass is 535 g/mol. The van der Waals surface area contributed by atoms with Crippen LogP contribution in [0.2, 0.25) is 0 Å². The lowest BCUT2D eigenvalue weighted by Gasteiger charge is -2.22. The molecule has 3 aromatic rings. The number of carbonyl (C=O) groups excluding carboxylic acids is 2. The molecule has 0 radical (unpaired) electrons. The van der Waals surface area contributed by atoms with Crippen molar-refractivity contribution < 1.29 is 28.5 Å². The summed E-state index contributed by atoms with van der Waals surface area (Å²) in [4.78, 5) is 33.4. The Balaban J connectivity index is 1.14. The van der Waals surface area contributed by atoms with Crippen LogP contribution in [0.3, 0.4) is 0 Å². The summed E-state index contributed by atoms with van der Waals surface area (Å²) >= 11 is 1.57. The van der Waals surface area contributed by atoms with Crippen LogP contribution in [0.5, 0.6) is 23.1 Å². The SMILES string of the molecule is COc1cccc(-c2sc(C3CC3)nc2OC(=O)N(CCNC(=O)c2cccc3c2OCCO3)C2CC2)c1. The molecule has 0 saturated heterocycles. The van der Waals surface area contributed by atoms with Gasteiger partial charge in [0, 0.05) is 30.6 Å². The molecular weight excluding hydrogens is 506 g/mol. The minimum absolute atomic E-state index is 0.0995. The number of hydrogen-bond acceptors (Lipinski definition) is 8. The third-order valence-electron chi connectivity index (χ3n) is 6.73. The van der Waals surface area contributed by atoms with Gasteiger partial charge in [0.25, 0.3) is 5.91 Å². The summed E-state index contributed by atoms with van der Waals surface area (Å²) in [6.07, 6.45) is 3.58. The molecule has 1 aliphatic heterocycles. The van der Waals surface area contributed by atoms with Crippen molar-refractivity contribution in [2.24, 2.45) is 0 Å². The fraction of sp³-hybridized carbons (Fsp3) is 0.393. The largest absolute Gasteiger partial charge is 0.497 e. The number of amides is 2. The van der Waals surface area contributed by atoms with E-state index < -0.39 is 6.09 Å². The molecule has 0 atom stereocenters. The predicted octanol–water partition coefficient (Wildman–Crippen LogP) is 4.86. The number of nitrogens with zero attached hydrogens (tertiary/aromatic N) is 2. The number of hydrogen-bond donors (Lipinski definition) is 1. The van der Waals surface area contributed by atoms with Crippen molar-refractivity contribution in [2.45, 2.75) is 37.6 Å². The Morgan fingerprint density at radius 1 is 1.11 bits per heavy atom. The van der Waals surface area contributed by atoms with Gasteiger partial charge in [0.15, 0.2) is 11.5 Å². The Bertz CT molecular complexity index is 1350. The fourth-order valence-electron chi connectivity index (χ4n) is 4.43. The van der Waals surface area contributed by atoms with Crippen LogP contribution in [0.25, 0.3) is 10.4 Å². The predicted molar refractivity (Wildman–Crippen MR) is 142 cm³/mol. The van der Waals surface area contributed by atoms with Crippen molar-refractivity contribution in [3.05, 3.63) is 53.0 Å². The zero-order chi connectivity index (χ0) is 26.1. The summed E-state index contributed by atoms with van der Waals surface area (Å²) in [5.74, 6) is 2.24. The van der Waals surface area contributed by atoms with Crippen molar-refractivity contribution in [2.75, 3.05) is 33.4 Å². The number of carbonyl (C=O) groups is 2. The molecule has 1 N–H and O–H groups in total. The summed E-state index contributed by atoms with van der Waals surface area (Å²) in [5.41, 5.74) is 1.32. The van der Waals surface area contributed by atoms with Crippen molar-refractivity contribution in [1.29, 1.82) is 0 Å². The maximum Gasteiger partial charge on any atom is 0.416 e. The molecule has 38 heavy (non-hydrogen) atoms. The normalized spacial score (nSPS) is 16.0. The fourth-order valence-corrected chi connectivity index (χ4v) is 5.59. The molecule has 198 valence electrons. The van der Waals surface area contributed by atoms with E-state index in [4.69, 9.17) is 23.9 Å². The third-order valence-corrected chi connectivity index (χ3v) is 7.97. The molecule has 2 aliphatic carbocycles. The number of aromatic nitrogens is 1. The van der Waals surface area contributed by atoms with Crippen LogP contribution in [-0.4, -0.2) is 61.3 Å². The zero-order valence-electron chi connectivity index (χ0n) is 21.1. The van der Waals surface area contributed by atoms with E-state index in [0.717, 1.165) is 46.9 Å². The first-order chi connectivity index (χ1) is 18.6. The average Bonchev–Trinajstić information content (AvgIpc) is 3.89. The minimum Gasteiger partial charge on any atom is -0.497 e. The Kier molecular flexibility index (Phi) is 6.80. The second-order valence-corrected chi connectivity index (χ2v) is 10.6. The lowest BCUT2D eigenvalue weighted by Crippen LogP contribution is -2.41. The van der Waals surface area contributed by atoms with Gasteiger partial charge in [-0.2, -0.15) is 0 Å². The minimum atomic E-state index is -0.452. The molecule has 2 saturated carbocycles. The van der Waals surface area contributed by atoms with E-state index in [0.29, 0.717) is 48.6 Å². The van der Waals surface area contributed by atoms with Crippen LogP contribution >= 0.6 is 11.3 Å². The quantitative estimate of drug-likeness (QED) is 0.418. The van der Waals surface area contributed by atoms with Crippen LogP contribution in [0, 0.1) is 0 Å². The summed E-state index contributed by atoms with van der Waals surface area (Å²) in [6, 6.07) is 13.0. The number of methoxy groups -OCH3 is 1. The molecule has 0 unspecified atom stereocenters. The Labute approximate surface area is 224 Å². The molecule has 10 heteroatoms. The van der Waals surface area contributed by atoms with Gasteiger partial charge < -0.3 is 29.2 Å². The third kappa shape index (κ3) is 5.26. The van der Waals surface area contributed by atoms with E-state index in [1.807, 2.05) is 24.3 Å². The lowest BCUT2D eigenvalue weighted by molar-refractivity contribution is 0.0933. The highest BCUT2D eigenvalue weighted by Gasteiger charge is 2.35. The molecule has 2 heterocycles. The van der Waals surface area contributed by atoms with Crippen molar-refractivity contribution >= 4 is 23.3 Å². The molecule has 2 fully saturated rings. The van der Waals surface area contributed by atoms with E-state index in [1.165, 1.54) is 0 Å². The second kappa shape index (κ2) is 10.5. The van der Waals surface area contributed by atoms with Crippen LogP contribution in [0.4, 0.5) is 4.79 Å². The first-order valence-corrected chi connectivity index (χ1v) is 13.7. The summed E-state index contributed by atoms with van der Waals surface area (Å²) in [7, 11) is 1.63. The smallest absolute Gasteiger partial charge is 0.416 e. The van der Waals surface area contributed by atoms with Crippen LogP contribution in [-0.2, 0) is 0 Å². The first-order valence-electron chi connectivity index (χ1n) is 12.9. The van der Waals surface area contributed by atoms with Gasteiger partial charge in [0.05, 0.1) is 17.6 Å². The number of ether oxygens (including phenoxy) is 4. The Morgan fingerprint density at radius 3 is 2.71 bits per heavy atom. The topological polar surface area (TPSA) is 99.2 Å². The van der Waals surface area contributed by atoms with E-state index in [1.54, 1.807) is 41.5 Å². The van der Waals surface area contributed by atoms with Gasteiger partial charge in [-0.15, -0.1) is 11.3 Å². The number of thiazole rings is 1. The van der Waals surface area contributed by atoms with Gasteiger partial charge in [0.2, 0.25) is 5.88 Å². The van der Waals surface area contributed by atoms with Gasteiger partial charge in [0.1, 0.15) is 24.0 Å². The van der Waals surface area contributed by atoms with E-state index in [-0.39, 0.29) is 18.5 Å². The van der Waals surface area contributed by atoms with E-state index in [9.17, 15) is 9.59 Å². The standard InChI is InChI=1S/C28H29N3O6S/c1-34-20-5-2-4-18(16-20)24-26(30-27(38-24)17-8-9-17)37-28(33)31(19-10-11-19)13-12-29-25(32)21-6-3-7-22-23(21)36-15-14-35-22/h2-7,16-17,19H,8-15H2,1H3,(H,29,32). The molecule has 0 bridgehead atoms. The number of benzene rings is 2. The zero-order valence-corrected chi connectivity index (χ0v) is 21.9. The van der Waals surface area contributed by atoms with Gasteiger partial charge in [-0.1, -0.05) is 18.2 Å². The highest BCUT2D eigenvalue weighted by Crippen LogP contribution is 2.47. The lowest BCUT2D eigenvalue weighted by atomic mass is 10.1. The van der Waals surface area contributed by atoms with Crippen molar-refractivity contribution in [3.63, 3.8) is 0 Å².